The average Bonchev–Trinajstić information content (AvgIpc) is 2.88. The Morgan fingerprint density at radius 3 is 2.30 bits per heavy atom. The van der Waals surface area contributed by atoms with Crippen molar-refractivity contribution in [1.29, 1.82) is 0 Å². The Hall–Kier alpha value is -1.56. The number of aryl methyl sites for hydroxylation is 1. The number of hydrogen-bond donors (Lipinski definition) is 0. The first kappa shape index (κ1) is 13.4. The van der Waals surface area contributed by atoms with Crippen molar-refractivity contribution < 1.29 is 4.57 Å². The molecule has 0 saturated heterocycles. The van der Waals surface area contributed by atoms with Crippen LogP contribution in [0.2, 0.25) is 0 Å². The summed E-state index contributed by atoms with van der Waals surface area (Å²) in [5.74, 6) is 0. The third kappa shape index (κ3) is 3.50. The topological polar surface area (TPSA) is 8.81 Å². The Bertz CT molecular complexity index is 672. The molecule has 0 atom stereocenters. The molecule has 0 aliphatic rings. The van der Waals surface area contributed by atoms with Gasteiger partial charge in [0, 0.05) is 0 Å². The van der Waals surface area contributed by atoms with Crippen LogP contribution in [-0.4, -0.2) is 25.5 Å². The molecule has 1 aromatic heterocycles. The molecule has 0 spiro atoms. The number of imidazole rings is 1. The SMILES string of the molecule is C[n+]1ccn(Cc2ccc([Te]c3ccccc3)cc2)c1. The van der Waals surface area contributed by atoms with E-state index in [-0.39, 0.29) is 20.9 Å². The number of hydrogen-bond acceptors (Lipinski definition) is 0. The maximum atomic E-state index is 2.29. The van der Waals surface area contributed by atoms with Crippen molar-refractivity contribution in [2.45, 2.75) is 6.54 Å². The van der Waals surface area contributed by atoms with E-state index in [1.807, 2.05) is 7.05 Å². The molecule has 3 rings (SSSR count). The Labute approximate surface area is 129 Å². The van der Waals surface area contributed by atoms with Crippen molar-refractivity contribution in [1.82, 2.24) is 4.57 Å². The van der Waals surface area contributed by atoms with Crippen molar-refractivity contribution in [3.8, 4) is 0 Å². The van der Waals surface area contributed by atoms with Gasteiger partial charge in [0.25, 0.3) is 0 Å². The van der Waals surface area contributed by atoms with Crippen LogP contribution < -0.4 is 11.8 Å². The average molecular weight is 377 g/mol. The summed E-state index contributed by atoms with van der Waals surface area (Å²) in [6, 6.07) is 19.9. The molecular formula is C17H17N2Te+. The minimum atomic E-state index is -0.242. The zero-order chi connectivity index (χ0) is 13.8. The van der Waals surface area contributed by atoms with Gasteiger partial charge in [0.2, 0.25) is 0 Å². The Morgan fingerprint density at radius 1 is 0.950 bits per heavy atom. The fourth-order valence-electron chi connectivity index (χ4n) is 2.09. The van der Waals surface area contributed by atoms with Crippen molar-refractivity contribution in [2.75, 3.05) is 0 Å². The molecule has 2 aromatic carbocycles. The summed E-state index contributed by atoms with van der Waals surface area (Å²) in [6.07, 6.45) is 6.27. The summed E-state index contributed by atoms with van der Waals surface area (Å²) >= 11 is -0.242. The molecule has 1 heterocycles. The Morgan fingerprint density at radius 2 is 1.65 bits per heavy atom. The first-order valence-electron chi connectivity index (χ1n) is 6.62. The van der Waals surface area contributed by atoms with E-state index in [9.17, 15) is 0 Å². The molecular weight excluding hydrogens is 360 g/mol. The predicted molar refractivity (Wildman–Crippen MR) is 82.6 cm³/mol. The number of aromatic nitrogens is 2. The zero-order valence-electron chi connectivity index (χ0n) is 11.4. The van der Waals surface area contributed by atoms with Gasteiger partial charge in [-0.25, -0.2) is 0 Å². The van der Waals surface area contributed by atoms with Crippen LogP contribution in [0.4, 0.5) is 0 Å². The van der Waals surface area contributed by atoms with Crippen LogP contribution >= 0.6 is 0 Å². The van der Waals surface area contributed by atoms with E-state index in [0.717, 1.165) is 6.54 Å². The molecule has 0 bridgehead atoms. The number of benzene rings is 2. The van der Waals surface area contributed by atoms with E-state index in [1.165, 1.54) is 12.8 Å². The normalized spacial score (nSPS) is 10.7. The molecule has 0 aliphatic heterocycles. The standard InChI is InChI=1S/C17H17N2Te/c1-18-11-12-19(14-18)13-15-7-9-17(10-8-15)20-16-5-3-2-4-6-16/h2-12,14H,13H2,1H3/q+1. The molecule has 0 aliphatic carbocycles. The second-order valence-electron chi connectivity index (χ2n) is 4.81. The van der Waals surface area contributed by atoms with Crippen LogP contribution in [0, 0.1) is 0 Å². The summed E-state index contributed by atoms with van der Waals surface area (Å²) in [5, 5.41) is 0. The van der Waals surface area contributed by atoms with Crippen LogP contribution in [0.1, 0.15) is 5.56 Å². The van der Waals surface area contributed by atoms with E-state index in [0.29, 0.717) is 0 Å². The molecule has 3 aromatic rings. The van der Waals surface area contributed by atoms with Crippen LogP contribution in [0.3, 0.4) is 0 Å². The minimum absolute atomic E-state index is 0.242. The van der Waals surface area contributed by atoms with E-state index in [2.05, 4.69) is 82.5 Å². The zero-order valence-corrected chi connectivity index (χ0v) is 13.8. The van der Waals surface area contributed by atoms with Gasteiger partial charge < -0.3 is 0 Å². The fraction of sp³-hybridized carbons (Fsp3) is 0.118. The van der Waals surface area contributed by atoms with E-state index in [1.54, 1.807) is 0 Å². The third-order valence-corrected chi connectivity index (χ3v) is 5.99. The van der Waals surface area contributed by atoms with Gasteiger partial charge in [-0.15, -0.1) is 0 Å². The van der Waals surface area contributed by atoms with E-state index >= 15 is 0 Å². The first-order chi connectivity index (χ1) is 9.79. The molecule has 0 radical (unpaired) electrons. The monoisotopic (exact) mass is 379 g/mol. The summed E-state index contributed by atoms with van der Waals surface area (Å²) in [6.45, 7) is 0.938. The van der Waals surface area contributed by atoms with E-state index in [4.69, 9.17) is 0 Å². The summed E-state index contributed by atoms with van der Waals surface area (Å²) in [5.41, 5.74) is 1.35. The molecule has 0 saturated carbocycles. The summed E-state index contributed by atoms with van der Waals surface area (Å²) in [7, 11) is 2.05. The second-order valence-corrected chi connectivity index (χ2v) is 8.08. The molecule has 0 N–H and O–H groups in total. The van der Waals surface area contributed by atoms with Crippen LogP contribution in [0.25, 0.3) is 0 Å². The van der Waals surface area contributed by atoms with Crippen molar-refractivity contribution in [2.24, 2.45) is 7.05 Å². The second kappa shape index (κ2) is 6.26. The first-order valence-corrected chi connectivity index (χ1v) is 8.95. The van der Waals surface area contributed by atoms with Crippen molar-refractivity contribution in [3.63, 3.8) is 0 Å². The van der Waals surface area contributed by atoms with Crippen LogP contribution in [0.5, 0.6) is 0 Å². The van der Waals surface area contributed by atoms with Gasteiger partial charge in [-0.1, -0.05) is 0 Å². The van der Waals surface area contributed by atoms with Crippen LogP contribution in [0.15, 0.2) is 73.3 Å². The van der Waals surface area contributed by atoms with Crippen LogP contribution in [-0.2, 0) is 13.6 Å². The molecule has 3 heteroatoms. The quantitative estimate of drug-likeness (QED) is 0.475. The molecule has 20 heavy (non-hydrogen) atoms. The van der Waals surface area contributed by atoms with Gasteiger partial charge in [-0.05, 0) is 0 Å². The Kier molecular flexibility index (Phi) is 4.20. The summed E-state index contributed by atoms with van der Waals surface area (Å²) in [4.78, 5) is 0. The number of rotatable bonds is 4. The molecule has 0 unspecified atom stereocenters. The van der Waals surface area contributed by atoms with E-state index < -0.39 is 0 Å². The van der Waals surface area contributed by atoms with Crippen molar-refractivity contribution >= 4 is 28.1 Å². The predicted octanol–water partition coefficient (Wildman–Crippen LogP) is 1.02. The summed E-state index contributed by atoms with van der Waals surface area (Å²) < 4.78 is 7.24. The van der Waals surface area contributed by atoms with Gasteiger partial charge in [0.1, 0.15) is 0 Å². The molecule has 0 fully saturated rings. The fourth-order valence-corrected chi connectivity index (χ4v) is 4.48. The van der Waals surface area contributed by atoms with Gasteiger partial charge in [-0.3, -0.25) is 0 Å². The van der Waals surface area contributed by atoms with Gasteiger partial charge in [0.15, 0.2) is 0 Å². The van der Waals surface area contributed by atoms with Gasteiger partial charge in [-0.2, -0.15) is 0 Å². The maximum absolute atomic E-state index is 2.29. The third-order valence-electron chi connectivity index (χ3n) is 3.09. The van der Waals surface area contributed by atoms with Gasteiger partial charge >= 0.3 is 130 Å². The molecule has 2 nitrogen and oxygen atoms in total. The Balaban J connectivity index is 1.68. The number of nitrogens with zero attached hydrogens (tertiary/aromatic N) is 2. The van der Waals surface area contributed by atoms with Gasteiger partial charge in [0.05, 0.1) is 0 Å². The van der Waals surface area contributed by atoms with Crippen molar-refractivity contribution in [3.05, 3.63) is 78.9 Å². The molecule has 0 amide bonds. The molecule has 100 valence electrons.